The number of rotatable bonds is 5. The quantitative estimate of drug-likeness (QED) is 0.841. The molecule has 1 saturated heterocycles. The van der Waals surface area contributed by atoms with E-state index in [-0.39, 0.29) is 5.92 Å². The largest absolute Gasteiger partial charge is 0.496 e. The van der Waals surface area contributed by atoms with E-state index in [9.17, 15) is 4.79 Å². The predicted octanol–water partition coefficient (Wildman–Crippen LogP) is 2.62. The van der Waals surface area contributed by atoms with Crippen molar-refractivity contribution in [3.05, 3.63) is 47.8 Å². The molecule has 3 atom stereocenters. The Morgan fingerprint density at radius 1 is 1.36 bits per heavy atom. The third kappa shape index (κ3) is 3.28. The molecule has 5 nitrogen and oxygen atoms in total. The van der Waals surface area contributed by atoms with Crippen LogP contribution in [-0.2, 0) is 18.3 Å². The van der Waals surface area contributed by atoms with Crippen LogP contribution >= 0.6 is 0 Å². The Hall–Kier alpha value is -2.30. The lowest BCUT2D eigenvalue weighted by molar-refractivity contribution is -0.131. The van der Waals surface area contributed by atoms with Gasteiger partial charge in [-0.05, 0) is 48.3 Å². The number of ether oxygens (including phenoxy) is 1. The molecule has 2 fully saturated rings. The highest BCUT2D eigenvalue weighted by atomic mass is 16.5. The minimum Gasteiger partial charge on any atom is -0.496 e. The van der Waals surface area contributed by atoms with E-state index in [1.165, 1.54) is 11.1 Å². The van der Waals surface area contributed by atoms with E-state index in [0.717, 1.165) is 38.1 Å². The Bertz CT molecular complexity index is 770. The summed E-state index contributed by atoms with van der Waals surface area (Å²) in [7, 11) is 3.64. The molecule has 1 amide bonds. The first-order valence-electron chi connectivity index (χ1n) is 9.05. The Morgan fingerprint density at radius 3 is 2.96 bits per heavy atom. The number of benzene rings is 1. The molecule has 0 N–H and O–H groups in total. The summed E-state index contributed by atoms with van der Waals surface area (Å²) in [5.41, 5.74) is 2.44. The lowest BCUT2D eigenvalue weighted by Gasteiger charge is -2.17. The average molecular weight is 339 g/mol. The van der Waals surface area contributed by atoms with Crippen LogP contribution in [0.3, 0.4) is 0 Å². The zero-order chi connectivity index (χ0) is 17.4. The molecule has 1 aliphatic heterocycles. The van der Waals surface area contributed by atoms with Crippen molar-refractivity contribution >= 4 is 5.91 Å². The van der Waals surface area contributed by atoms with Gasteiger partial charge in [-0.1, -0.05) is 18.2 Å². The highest BCUT2D eigenvalue weighted by molar-refractivity contribution is 5.83. The van der Waals surface area contributed by atoms with Crippen molar-refractivity contribution in [1.29, 1.82) is 0 Å². The number of para-hydroxylation sites is 1. The number of aryl methyl sites for hydroxylation is 1. The second kappa shape index (κ2) is 6.54. The number of likely N-dealkylation sites (tertiary alicyclic amines) is 1. The van der Waals surface area contributed by atoms with Gasteiger partial charge in [-0.15, -0.1) is 0 Å². The van der Waals surface area contributed by atoms with Crippen molar-refractivity contribution in [3.8, 4) is 5.75 Å². The number of carbonyl (C=O) groups excluding carboxylic acids is 1. The number of aromatic nitrogens is 2. The number of carbonyl (C=O) groups is 1. The molecule has 0 bridgehead atoms. The normalized spacial score (nSPS) is 25.2. The fourth-order valence-corrected chi connectivity index (χ4v) is 4.13. The van der Waals surface area contributed by atoms with Crippen molar-refractivity contribution in [2.45, 2.75) is 25.2 Å². The van der Waals surface area contributed by atoms with Gasteiger partial charge >= 0.3 is 0 Å². The molecule has 1 aliphatic carbocycles. The smallest absolute Gasteiger partial charge is 0.226 e. The topological polar surface area (TPSA) is 47.4 Å². The van der Waals surface area contributed by atoms with Crippen LogP contribution in [0.5, 0.6) is 5.75 Å². The summed E-state index contributed by atoms with van der Waals surface area (Å²) in [4.78, 5) is 14.9. The summed E-state index contributed by atoms with van der Waals surface area (Å²) in [5, 5.41) is 4.24. The number of nitrogens with zero attached hydrogens (tertiary/aromatic N) is 3. The summed E-state index contributed by atoms with van der Waals surface area (Å²) in [6.07, 6.45) is 7.06. The van der Waals surface area contributed by atoms with E-state index < -0.39 is 0 Å². The van der Waals surface area contributed by atoms with E-state index >= 15 is 0 Å². The number of hydrogen-bond acceptors (Lipinski definition) is 3. The fraction of sp³-hybridized carbons (Fsp3) is 0.500. The number of methoxy groups -OCH3 is 1. The molecule has 2 heterocycles. The zero-order valence-electron chi connectivity index (χ0n) is 14.9. The Morgan fingerprint density at radius 2 is 2.20 bits per heavy atom. The molecular weight excluding hydrogens is 314 g/mol. The molecular formula is C20H25N3O2. The molecule has 25 heavy (non-hydrogen) atoms. The highest BCUT2D eigenvalue weighted by Crippen LogP contribution is 2.51. The van der Waals surface area contributed by atoms with Crippen LogP contribution in [0.25, 0.3) is 0 Å². The van der Waals surface area contributed by atoms with Gasteiger partial charge in [-0.25, -0.2) is 0 Å². The summed E-state index contributed by atoms with van der Waals surface area (Å²) >= 11 is 0. The van der Waals surface area contributed by atoms with E-state index in [4.69, 9.17) is 4.74 Å². The van der Waals surface area contributed by atoms with Crippen molar-refractivity contribution in [1.82, 2.24) is 14.7 Å². The Balaban J connectivity index is 1.35. The SMILES string of the molecule is COc1ccccc1[C@@H]1C[C@@H]1C(=O)N1CC[C@H](Cc2cnn(C)c2)C1. The molecule has 0 spiro atoms. The minimum atomic E-state index is 0.133. The molecule has 0 radical (unpaired) electrons. The molecule has 2 aromatic rings. The van der Waals surface area contributed by atoms with Gasteiger partial charge in [0.1, 0.15) is 5.75 Å². The standard InChI is InChI=1S/C20H25N3O2/c1-22-12-15(11-21-22)9-14-7-8-23(13-14)20(24)18-10-17(18)16-5-3-4-6-19(16)25-2/h3-6,11-12,14,17-18H,7-10,13H2,1-2H3/t14-,17+,18+/m1/s1. The number of hydrogen-bond donors (Lipinski definition) is 0. The van der Waals surface area contributed by atoms with Crippen molar-refractivity contribution in [3.63, 3.8) is 0 Å². The van der Waals surface area contributed by atoms with Gasteiger partial charge in [-0.2, -0.15) is 5.10 Å². The van der Waals surface area contributed by atoms with Gasteiger partial charge in [0.25, 0.3) is 0 Å². The van der Waals surface area contributed by atoms with Gasteiger partial charge in [0, 0.05) is 32.3 Å². The number of amides is 1. The Kier molecular flexibility index (Phi) is 4.24. The van der Waals surface area contributed by atoms with Gasteiger partial charge in [0.2, 0.25) is 5.91 Å². The molecule has 1 saturated carbocycles. The first-order valence-corrected chi connectivity index (χ1v) is 9.05. The van der Waals surface area contributed by atoms with Gasteiger partial charge in [0.05, 0.1) is 13.3 Å². The first kappa shape index (κ1) is 16.2. The Labute approximate surface area is 148 Å². The van der Waals surface area contributed by atoms with Crippen LogP contribution in [0, 0.1) is 11.8 Å². The van der Waals surface area contributed by atoms with Gasteiger partial charge < -0.3 is 9.64 Å². The molecule has 1 aromatic carbocycles. The monoisotopic (exact) mass is 339 g/mol. The summed E-state index contributed by atoms with van der Waals surface area (Å²) in [6, 6.07) is 8.07. The second-order valence-corrected chi connectivity index (χ2v) is 7.36. The van der Waals surface area contributed by atoms with E-state index in [0.29, 0.717) is 17.7 Å². The van der Waals surface area contributed by atoms with E-state index in [2.05, 4.69) is 22.3 Å². The van der Waals surface area contributed by atoms with Crippen LogP contribution in [0.15, 0.2) is 36.7 Å². The highest BCUT2D eigenvalue weighted by Gasteiger charge is 2.47. The molecule has 5 heteroatoms. The molecule has 1 aromatic heterocycles. The first-order chi connectivity index (χ1) is 12.2. The molecule has 4 rings (SSSR count). The van der Waals surface area contributed by atoms with Crippen molar-refractivity contribution in [2.75, 3.05) is 20.2 Å². The zero-order valence-corrected chi connectivity index (χ0v) is 14.9. The maximum atomic E-state index is 12.9. The van der Waals surface area contributed by atoms with E-state index in [1.54, 1.807) is 7.11 Å². The molecule has 132 valence electrons. The maximum absolute atomic E-state index is 12.9. The van der Waals surface area contributed by atoms with Crippen LogP contribution < -0.4 is 4.74 Å². The third-order valence-electron chi connectivity index (χ3n) is 5.53. The molecule has 2 aliphatic rings. The van der Waals surface area contributed by atoms with Crippen LogP contribution in [0.4, 0.5) is 0 Å². The van der Waals surface area contributed by atoms with E-state index in [1.807, 2.05) is 36.1 Å². The summed E-state index contributed by atoms with van der Waals surface area (Å²) in [5.74, 6) is 2.23. The van der Waals surface area contributed by atoms with Crippen molar-refractivity contribution in [2.24, 2.45) is 18.9 Å². The third-order valence-corrected chi connectivity index (χ3v) is 5.53. The minimum absolute atomic E-state index is 0.133. The van der Waals surface area contributed by atoms with Gasteiger partial charge in [0.15, 0.2) is 0 Å². The summed E-state index contributed by atoms with van der Waals surface area (Å²) < 4.78 is 7.30. The van der Waals surface area contributed by atoms with Crippen LogP contribution in [0.2, 0.25) is 0 Å². The predicted molar refractivity (Wildman–Crippen MR) is 95.4 cm³/mol. The fourth-order valence-electron chi connectivity index (χ4n) is 4.13. The molecule has 0 unspecified atom stereocenters. The van der Waals surface area contributed by atoms with Crippen LogP contribution in [-0.4, -0.2) is 40.8 Å². The average Bonchev–Trinajstić information content (AvgIpc) is 3.11. The van der Waals surface area contributed by atoms with Crippen LogP contribution in [0.1, 0.15) is 29.9 Å². The maximum Gasteiger partial charge on any atom is 0.226 e. The lowest BCUT2D eigenvalue weighted by atomic mass is 10.0. The lowest BCUT2D eigenvalue weighted by Crippen LogP contribution is -2.30. The summed E-state index contributed by atoms with van der Waals surface area (Å²) in [6.45, 7) is 1.77. The van der Waals surface area contributed by atoms with Crippen molar-refractivity contribution < 1.29 is 9.53 Å². The second-order valence-electron chi connectivity index (χ2n) is 7.36. The van der Waals surface area contributed by atoms with Gasteiger partial charge in [-0.3, -0.25) is 9.48 Å².